The Morgan fingerprint density at radius 3 is 2.79 bits per heavy atom. The zero-order valence-corrected chi connectivity index (χ0v) is 11.8. The summed E-state index contributed by atoms with van der Waals surface area (Å²) in [6.45, 7) is 0. The van der Waals surface area contributed by atoms with Crippen LogP contribution in [0.15, 0.2) is 29.8 Å². The Hall–Kier alpha value is -0.860. The lowest BCUT2D eigenvalue weighted by atomic mass is 9.93. The highest BCUT2D eigenvalue weighted by Gasteiger charge is 2.16. The molecule has 2 rings (SSSR count). The molecule has 0 saturated heterocycles. The van der Waals surface area contributed by atoms with Crippen LogP contribution in [-0.2, 0) is 6.42 Å². The fourth-order valence-corrected chi connectivity index (χ4v) is 2.81. The first-order chi connectivity index (χ1) is 9.18. The van der Waals surface area contributed by atoms with Gasteiger partial charge in [0.25, 0.3) is 0 Å². The van der Waals surface area contributed by atoms with Gasteiger partial charge in [0.2, 0.25) is 0 Å². The Bertz CT molecular complexity index is 436. The topological polar surface area (TPSA) is 20.2 Å². The molecule has 1 aromatic carbocycles. The molecule has 0 radical (unpaired) electrons. The normalized spacial score (nSPS) is 21.1. The van der Waals surface area contributed by atoms with Crippen molar-refractivity contribution in [3.63, 3.8) is 0 Å². The van der Waals surface area contributed by atoms with Crippen LogP contribution < -0.4 is 0 Å². The summed E-state index contributed by atoms with van der Waals surface area (Å²) in [6.07, 6.45) is 8.45. The molecule has 0 bridgehead atoms. The summed E-state index contributed by atoms with van der Waals surface area (Å²) < 4.78 is 13.7. The lowest BCUT2D eigenvalue weighted by Crippen LogP contribution is -2.16. The molecule has 0 heterocycles. The molecule has 0 spiro atoms. The zero-order chi connectivity index (χ0) is 13.7. The van der Waals surface area contributed by atoms with E-state index in [2.05, 4.69) is 6.08 Å². The highest BCUT2D eigenvalue weighted by Crippen LogP contribution is 2.25. The monoisotopic (exact) mass is 282 g/mol. The van der Waals surface area contributed by atoms with Crippen molar-refractivity contribution in [2.24, 2.45) is 0 Å². The summed E-state index contributed by atoms with van der Waals surface area (Å²) in [5.41, 5.74) is 1.46. The summed E-state index contributed by atoms with van der Waals surface area (Å²) in [6, 6.07) is 4.64. The van der Waals surface area contributed by atoms with E-state index in [9.17, 15) is 9.50 Å². The molecule has 1 atom stereocenters. The van der Waals surface area contributed by atoms with Gasteiger partial charge in [0.1, 0.15) is 5.82 Å². The van der Waals surface area contributed by atoms with E-state index in [1.54, 1.807) is 12.1 Å². The maximum absolute atomic E-state index is 13.7. The second kappa shape index (κ2) is 7.06. The van der Waals surface area contributed by atoms with Gasteiger partial charge in [-0.05, 0) is 43.4 Å². The first-order valence-corrected chi connectivity index (χ1v) is 7.36. The van der Waals surface area contributed by atoms with Crippen molar-refractivity contribution in [3.8, 4) is 0 Å². The van der Waals surface area contributed by atoms with Crippen molar-refractivity contribution >= 4 is 11.6 Å². The molecule has 1 aliphatic carbocycles. The quantitative estimate of drug-likeness (QED) is 0.799. The van der Waals surface area contributed by atoms with E-state index >= 15 is 0 Å². The zero-order valence-electron chi connectivity index (χ0n) is 11.0. The van der Waals surface area contributed by atoms with Gasteiger partial charge in [-0.3, -0.25) is 0 Å². The number of hydrogen-bond acceptors (Lipinski definition) is 1. The van der Waals surface area contributed by atoms with E-state index < -0.39 is 6.10 Å². The summed E-state index contributed by atoms with van der Waals surface area (Å²) in [7, 11) is 0. The maximum atomic E-state index is 13.7. The molecule has 1 N–H and O–H groups in total. The minimum atomic E-state index is -0.618. The van der Waals surface area contributed by atoms with Crippen LogP contribution in [0.3, 0.4) is 0 Å². The highest BCUT2D eigenvalue weighted by atomic mass is 35.5. The molecule has 1 unspecified atom stereocenters. The fourth-order valence-electron chi connectivity index (χ4n) is 2.57. The van der Waals surface area contributed by atoms with Gasteiger partial charge in [-0.2, -0.15) is 0 Å². The van der Waals surface area contributed by atoms with Gasteiger partial charge >= 0.3 is 0 Å². The number of allylic oxidation sites excluding steroid dienone is 1. The Kier molecular flexibility index (Phi) is 5.41. The van der Waals surface area contributed by atoms with E-state index in [4.69, 9.17) is 11.6 Å². The van der Waals surface area contributed by atoms with E-state index in [0.29, 0.717) is 10.6 Å². The molecular weight excluding hydrogens is 263 g/mol. The van der Waals surface area contributed by atoms with Crippen molar-refractivity contribution in [1.82, 2.24) is 0 Å². The van der Waals surface area contributed by atoms with Crippen LogP contribution in [-0.4, -0.2) is 11.2 Å². The first kappa shape index (κ1) is 14.5. The van der Waals surface area contributed by atoms with Crippen molar-refractivity contribution < 1.29 is 9.50 Å². The first-order valence-electron chi connectivity index (χ1n) is 6.98. The maximum Gasteiger partial charge on any atom is 0.127 e. The van der Waals surface area contributed by atoms with Gasteiger partial charge in [-0.1, -0.05) is 36.6 Å². The van der Waals surface area contributed by atoms with E-state index in [1.165, 1.54) is 25.3 Å². The molecule has 0 aliphatic heterocycles. The molecule has 0 aromatic heterocycles. The Balaban J connectivity index is 2.09. The third-order valence-electron chi connectivity index (χ3n) is 3.71. The van der Waals surface area contributed by atoms with E-state index in [1.807, 2.05) is 0 Å². The lowest BCUT2D eigenvalue weighted by molar-refractivity contribution is 0.204. The van der Waals surface area contributed by atoms with Gasteiger partial charge in [0.05, 0.1) is 6.10 Å². The Labute approximate surface area is 119 Å². The predicted molar refractivity (Wildman–Crippen MR) is 76.9 cm³/mol. The molecule has 0 saturated carbocycles. The lowest BCUT2D eigenvalue weighted by Gasteiger charge is -2.18. The van der Waals surface area contributed by atoms with Crippen LogP contribution >= 0.6 is 11.6 Å². The second-order valence-corrected chi connectivity index (χ2v) is 5.56. The third kappa shape index (κ3) is 4.05. The van der Waals surface area contributed by atoms with Gasteiger partial charge in [-0.15, -0.1) is 0 Å². The Morgan fingerprint density at radius 2 is 2.00 bits per heavy atom. The Morgan fingerprint density at radius 1 is 1.21 bits per heavy atom. The van der Waals surface area contributed by atoms with Gasteiger partial charge < -0.3 is 5.11 Å². The molecule has 104 valence electrons. The molecule has 3 heteroatoms. The molecular formula is C16H20ClFO. The molecule has 0 fully saturated rings. The number of benzene rings is 1. The average molecular weight is 283 g/mol. The number of halogens is 2. The number of aliphatic hydroxyl groups excluding tert-OH is 1. The summed E-state index contributed by atoms with van der Waals surface area (Å²) in [5.74, 6) is -0.335. The second-order valence-electron chi connectivity index (χ2n) is 5.15. The standard InChI is InChI=1S/C16H20ClFO/c17-14-9-6-10-15(18)13(14)11-16(19)12-7-4-2-1-3-5-8-12/h6-7,9-10,16,19H,1-5,8,11H2/b12-7+. The smallest absolute Gasteiger partial charge is 0.127 e. The van der Waals surface area contributed by atoms with Crippen LogP contribution in [0, 0.1) is 5.82 Å². The van der Waals surface area contributed by atoms with E-state index in [-0.39, 0.29) is 12.2 Å². The summed E-state index contributed by atoms with van der Waals surface area (Å²) >= 11 is 6.00. The number of rotatable bonds is 3. The van der Waals surface area contributed by atoms with Crippen LogP contribution in [0.1, 0.15) is 44.1 Å². The molecule has 1 nitrogen and oxygen atoms in total. The predicted octanol–water partition coefficient (Wildman–Crippen LogP) is 4.66. The minimum Gasteiger partial charge on any atom is -0.388 e. The van der Waals surface area contributed by atoms with Crippen molar-refractivity contribution in [3.05, 3.63) is 46.3 Å². The highest BCUT2D eigenvalue weighted by molar-refractivity contribution is 6.31. The summed E-state index contributed by atoms with van der Waals surface area (Å²) in [4.78, 5) is 0. The molecule has 0 amide bonds. The van der Waals surface area contributed by atoms with Crippen LogP contribution in [0.25, 0.3) is 0 Å². The summed E-state index contributed by atoms with van der Waals surface area (Å²) in [5, 5.41) is 10.7. The SMILES string of the molecule is OC(Cc1c(F)cccc1Cl)/C1=C/CCCCCC1. The largest absolute Gasteiger partial charge is 0.388 e. The van der Waals surface area contributed by atoms with E-state index in [0.717, 1.165) is 24.8 Å². The number of aliphatic hydroxyl groups is 1. The third-order valence-corrected chi connectivity index (χ3v) is 4.07. The molecule has 1 aliphatic rings. The fraction of sp³-hybridized carbons (Fsp3) is 0.500. The van der Waals surface area contributed by atoms with Gasteiger partial charge in [0.15, 0.2) is 0 Å². The minimum absolute atomic E-state index is 0.261. The van der Waals surface area contributed by atoms with Crippen molar-refractivity contribution in [2.75, 3.05) is 0 Å². The van der Waals surface area contributed by atoms with Gasteiger partial charge in [0, 0.05) is 17.0 Å². The van der Waals surface area contributed by atoms with Crippen LogP contribution in [0.4, 0.5) is 4.39 Å². The number of hydrogen-bond donors (Lipinski definition) is 1. The van der Waals surface area contributed by atoms with Crippen LogP contribution in [0.5, 0.6) is 0 Å². The molecule has 19 heavy (non-hydrogen) atoms. The van der Waals surface area contributed by atoms with Crippen LogP contribution in [0.2, 0.25) is 5.02 Å². The average Bonchev–Trinajstić information content (AvgIpc) is 2.33. The molecule has 1 aromatic rings. The van der Waals surface area contributed by atoms with Gasteiger partial charge in [-0.25, -0.2) is 4.39 Å². The van der Waals surface area contributed by atoms with Crippen molar-refractivity contribution in [1.29, 1.82) is 0 Å². The van der Waals surface area contributed by atoms with Crippen molar-refractivity contribution in [2.45, 2.75) is 51.0 Å².